The number of nitrogens with zero attached hydrogens (tertiary/aromatic N) is 2. The normalized spacial score (nSPS) is 10.7. The summed E-state index contributed by atoms with van der Waals surface area (Å²) in [5, 5.41) is 7.69. The molecule has 0 fully saturated rings. The summed E-state index contributed by atoms with van der Waals surface area (Å²) in [6.07, 6.45) is 1.83. The number of methoxy groups -OCH3 is 1. The molecule has 1 N–H and O–H groups in total. The third kappa shape index (κ3) is 3.58. The van der Waals surface area contributed by atoms with E-state index in [1.807, 2.05) is 29.1 Å². The zero-order valence-corrected chi connectivity index (χ0v) is 12.8. The molecule has 0 amide bonds. The van der Waals surface area contributed by atoms with Crippen LogP contribution in [0.25, 0.3) is 0 Å². The van der Waals surface area contributed by atoms with Crippen LogP contribution in [0.5, 0.6) is 5.75 Å². The highest BCUT2D eigenvalue weighted by atomic mass is 79.9. The number of aromatic nitrogens is 2. The van der Waals surface area contributed by atoms with Crippen LogP contribution in [0.4, 0.5) is 0 Å². The molecule has 0 unspecified atom stereocenters. The number of hydrogen-bond donors (Lipinski definition) is 1. The zero-order valence-electron chi connectivity index (χ0n) is 11.2. The van der Waals surface area contributed by atoms with E-state index >= 15 is 0 Å². The molecule has 0 saturated heterocycles. The number of halogens is 1. The Morgan fingerprint density at radius 3 is 2.95 bits per heavy atom. The Balaban J connectivity index is 2.21. The quantitative estimate of drug-likeness (QED) is 0.888. The Labute approximate surface area is 121 Å². The predicted octanol–water partition coefficient (Wildman–Crippen LogP) is 2.81. The number of benzene rings is 1. The van der Waals surface area contributed by atoms with Crippen LogP contribution in [0.1, 0.15) is 18.2 Å². The molecule has 0 aliphatic carbocycles. The number of hydrogen-bond acceptors (Lipinski definition) is 3. The van der Waals surface area contributed by atoms with Crippen molar-refractivity contribution in [3.05, 3.63) is 46.2 Å². The Hall–Kier alpha value is -1.33. The van der Waals surface area contributed by atoms with Crippen molar-refractivity contribution in [3.8, 4) is 5.75 Å². The monoisotopic (exact) mass is 323 g/mol. The predicted molar refractivity (Wildman–Crippen MR) is 79.4 cm³/mol. The molecule has 1 heterocycles. The molecule has 0 radical (unpaired) electrons. The van der Waals surface area contributed by atoms with Crippen molar-refractivity contribution in [1.82, 2.24) is 15.1 Å². The van der Waals surface area contributed by atoms with E-state index < -0.39 is 0 Å². The molecule has 19 heavy (non-hydrogen) atoms. The van der Waals surface area contributed by atoms with Crippen molar-refractivity contribution in [2.24, 2.45) is 0 Å². The minimum atomic E-state index is 0.705. The van der Waals surface area contributed by atoms with Gasteiger partial charge in [-0.1, -0.05) is 22.9 Å². The van der Waals surface area contributed by atoms with Gasteiger partial charge in [0.1, 0.15) is 5.75 Å². The van der Waals surface area contributed by atoms with Crippen LogP contribution in [0, 0.1) is 0 Å². The maximum Gasteiger partial charge on any atom is 0.124 e. The van der Waals surface area contributed by atoms with E-state index in [0.29, 0.717) is 6.54 Å². The molecule has 2 rings (SSSR count). The first-order chi connectivity index (χ1) is 9.24. The smallest absolute Gasteiger partial charge is 0.124 e. The van der Waals surface area contributed by atoms with Gasteiger partial charge in [0.15, 0.2) is 0 Å². The van der Waals surface area contributed by atoms with Gasteiger partial charge in [-0.3, -0.25) is 4.68 Å². The summed E-state index contributed by atoms with van der Waals surface area (Å²) in [7, 11) is 1.69. The van der Waals surface area contributed by atoms with Gasteiger partial charge in [-0.15, -0.1) is 0 Å². The van der Waals surface area contributed by atoms with Crippen LogP contribution in [0.3, 0.4) is 0 Å². The van der Waals surface area contributed by atoms with Crippen LogP contribution in [0.2, 0.25) is 0 Å². The second-order valence-electron chi connectivity index (χ2n) is 4.22. The Morgan fingerprint density at radius 1 is 1.37 bits per heavy atom. The standard InChI is InChI=1S/C14H18BrN3O/c1-3-16-9-13-6-7-17-18(13)10-11-8-12(15)4-5-14(11)19-2/h4-8,16H,3,9-10H2,1-2H3. The second kappa shape index (κ2) is 6.73. The number of rotatable bonds is 6. The first kappa shape index (κ1) is 14.1. The lowest BCUT2D eigenvalue weighted by molar-refractivity contribution is 0.406. The fourth-order valence-electron chi connectivity index (χ4n) is 1.94. The van der Waals surface area contributed by atoms with Crippen LogP contribution >= 0.6 is 15.9 Å². The van der Waals surface area contributed by atoms with Crippen LogP contribution in [-0.2, 0) is 13.1 Å². The summed E-state index contributed by atoms with van der Waals surface area (Å²) >= 11 is 3.49. The minimum absolute atomic E-state index is 0.705. The van der Waals surface area contributed by atoms with Gasteiger partial charge in [0.25, 0.3) is 0 Å². The Morgan fingerprint density at radius 2 is 2.21 bits per heavy atom. The van der Waals surface area contributed by atoms with Gasteiger partial charge in [0, 0.05) is 22.8 Å². The van der Waals surface area contributed by atoms with Gasteiger partial charge in [-0.05, 0) is 30.8 Å². The van der Waals surface area contributed by atoms with Crippen molar-refractivity contribution in [2.45, 2.75) is 20.0 Å². The minimum Gasteiger partial charge on any atom is -0.496 e. The Bertz CT molecular complexity index is 539. The van der Waals surface area contributed by atoms with Gasteiger partial charge in [0.05, 0.1) is 19.3 Å². The van der Waals surface area contributed by atoms with Gasteiger partial charge >= 0.3 is 0 Å². The molecule has 0 aliphatic heterocycles. The lowest BCUT2D eigenvalue weighted by Gasteiger charge is -2.12. The average Bonchev–Trinajstić information content (AvgIpc) is 2.84. The highest BCUT2D eigenvalue weighted by molar-refractivity contribution is 9.10. The summed E-state index contributed by atoms with van der Waals surface area (Å²) in [6.45, 7) is 4.58. The molecule has 0 saturated carbocycles. The fraction of sp³-hybridized carbons (Fsp3) is 0.357. The molecule has 0 aliphatic rings. The first-order valence-electron chi connectivity index (χ1n) is 6.28. The lowest BCUT2D eigenvalue weighted by Crippen LogP contribution is -2.16. The van der Waals surface area contributed by atoms with Crippen molar-refractivity contribution in [2.75, 3.05) is 13.7 Å². The topological polar surface area (TPSA) is 39.1 Å². The molecule has 0 bridgehead atoms. The lowest BCUT2D eigenvalue weighted by atomic mass is 10.2. The molecular formula is C14H18BrN3O. The van der Waals surface area contributed by atoms with E-state index in [2.05, 4.69) is 39.3 Å². The third-order valence-corrected chi connectivity index (χ3v) is 3.42. The number of nitrogens with one attached hydrogen (secondary N) is 1. The molecule has 1 aromatic carbocycles. The zero-order chi connectivity index (χ0) is 13.7. The van der Waals surface area contributed by atoms with Crippen LogP contribution in [-0.4, -0.2) is 23.4 Å². The molecule has 102 valence electrons. The largest absolute Gasteiger partial charge is 0.496 e. The SMILES string of the molecule is CCNCc1ccnn1Cc1cc(Br)ccc1OC. The highest BCUT2D eigenvalue weighted by Gasteiger charge is 2.08. The van der Waals surface area contributed by atoms with Crippen molar-refractivity contribution >= 4 is 15.9 Å². The summed E-state index contributed by atoms with van der Waals surface area (Å²) < 4.78 is 8.43. The van der Waals surface area contributed by atoms with E-state index in [0.717, 1.165) is 28.9 Å². The highest BCUT2D eigenvalue weighted by Crippen LogP contribution is 2.24. The van der Waals surface area contributed by atoms with E-state index in [9.17, 15) is 0 Å². The molecule has 4 nitrogen and oxygen atoms in total. The molecule has 1 aromatic heterocycles. The Kier molecular flexibility index (Phi) is 4.99. The third-order valence-electron chi connectivity index (χ3n) is 2.92. The van der Waals surface area contributed by atoms with Crippen molar-refractivity contribution in [3.63, 3.8) is 0 Å². The molecule has 5 heteroatoms. The summed E-state index contributed by atoms with van der Waals surface area (Å²) in [4.78, 5) is 0. The summed E-state index contributed by atoms with van der Waals surface area (Å²) in [6, 6.07) is 8.04. The van der Waals surface area contributed by atoms with E-state index in [1.54, 1.807) is 7.11 Å². The van der Waals surface area contributed by atoms with Gasteiger partial charge in [-0.25, -0.2) is 0 Å². The first-order valence-corrected chi connectivity index (χ1v) is 7.07. The molecule has 0 spiro atoms. The molecule has 0 atom stereocenters. The van der Waals surface area contributed by atoms with Gasteiger partial charge in [-0.2, -0.15) is 5.10 Å². The van der Waals surface area contributed by atoms with E-state index in [-0.39, 0.29) is 0 Å². The summed E-state index contributed by atoms with van der Waals surface area (Å²) in [5.74, 6) is 0.883. The van der Waals surface area contributed by atoms with Crippen LogP contribution in [0.15, 0.2) is 34.9 Å². The average molecular weight is 324 g/mol. The van der Waals surface area contributed by atoms with Crippen molar-refractivity contribution in [1.29, 1.82) is 0 Å². The fourth-order valence-corrected chi connectivity index (χ4v) is 2.35. The van der Waals surface area contributed by atoms with Crippen molar-refractivity contribution < 1.29 is 4.74 Å². The van der Waals surface area contributed by atoms with E-state index in [4.69, 9.17) is 4.74 Å². The maximum absolute atomic E-state index is 5.39. The number of ether oxygens (including phenoxy) is 1. The molecule has 2 aromatic rings. The second-order valence-corrected chi connectivity index (χ2v) is 5.13. The molecular weight excluding hydrogens is 306 g/mol. The van der Waals surface area contributed by atoms with E-state index in [1.165, 1.54) is 5.69 Å². The summed E-state index contributed by atoms with van der Waals surface area (Å²) in [5.41, 5.74) is 2.28. The van der Waals surface area contributed by atoms with Gasteiger partial charge in [0.2, 0.25) is 0 Å². The maximum atomic E-state index is 5.39. The van der Waals surface area contributed by atoms with Gasteiger partial charge < -0.3 is 10.1 Å². The van der Waals surface area contributed by atoms with Crippen LogP contribution < -0.4 is 10.1 Å².